The number of rotatable bonds is 3. The summed E-state index contributed by atoms with van der Waals surface area (Å²) < 4.78 is 0. The van der Waals surface area contributed by atoms with Gasteiger partial charge in [0.1, 0.15) is 0 Å². The number of aliphatic hydroxyl groups excluding tert-OH is 2. The van der Waals surface area contributed by atoms with Gasteiger partial charge in [0.2, 0.25) is 0 Å². The summed E-state index contributed by atoms with van der Waals surface area (Å²) in [6, 6.07) is 0.151. The number of carboxylic acid groups (broad SMARTS) is 1. The normalized spacial score (nSPS) is 43.6. The molecule has 2 aliphatic rings. The summed E-state index contributed by atoms with van der Waals surface area (Å²) in [7, 11) is 1.93. The largest absolute Gasteiger partial charge is 0.481 e. The molecule has 0 spiro atoms. The monoisotopic (exact) mass is 243 g/mol. The Morgan fingerprint density at radius 1 is 1.41 bits per heavy atom. The maximum absolute atomic E-state index is 11.3. The van der Waals surface area contributed by atoms with Crippen LogP contribution in [0.5, 0.6) is 0 Å². The summed E-state index contributed by atoms with van der Waals surface area (Å²) in [5.74, 6) is -1.78. The number of hydrogen-bond acceptors (Lipinski definition) is 4. The highest BCUT2D eigenvalue weighted by Gasteiger charge is 2.53. The molecule has 2 heterocycles. The molecule has 0 aromatic rings. The highest BCUT2D eigenvalue weighted by molar-refractivity contribution is 5.72. The van der Waals surface area contributed by atoms with Crippen LogP contribution in [0.3, 0.4) is 0 Å². The number of carbonyl (C=O) groups is 1. The lowest BCUT2D eigenvalue weighted by atomic mass is 9.77. The zero-order chi connectivity index (χ0) is 12.7. The van der Waals surface area contributed by atoms with Gasteiger partial charge in [0.15, 0.2) is 0 Å². The van der Waals surface area contributed by atoms with Crippen LogP contribution in [0.15, 0.2) is 0 Å². The Hall–Kier alpha value is -0.650. The molecule has 0 aromatic heterocycles. The molecule has 98 valence electrons. The van der Waals surface area contributed by atoms with Gasteiger partial charge in [-0.3, -0.25) is 9.69 Å². The zero-order valence-electron chi connectivity index (χ0n) is 10.3. The van der Waals surface area contributed by atoms with Crippen molar-refractivity contribution in [1.29, 1.82) is 0 Å². The fourth-order valence-electron chi connectivity index (χ4n) is 3.67. The number of aliphatic carboxylic acids is 1. The van der Waals surface area contributed by atoms with E-state index in [4.69, 9.17) is 0 Å². The smallest absolute Gasteiger partial charge is 0.310 e. The molecule has 6 atom stereocenters. The van der Waals surface area contributed by atoms with E-state index in [1.807, 2.05) is 7.05 Å². The quantitative estimate of drug-likeness (QED) is 0.645. The Kier molecular flexibility index (Phi) is 3.43. The average molecular weight is 243 g/mol. The van der Waals surface area contributed by atoms with E-state index in [2.05, 4.69) is 4.90 Å². The summed E-state index contributed by atoms with van der Waals surface area (Å²) in [6.07, 6.45) is 0.864. The molecule has 5 heteroatoms. The first-order valence-electron chi connectivity index (χ1n) is 6.24. The van der Waals surface area contributed by atoms with Gasteiger partial charge in [-0.2, -0.15) is 0 Å². The van der Waals surface area contributed by atoms with Gasteiger partial charge in [0.25, 0.3) is 0 Å². The SMILES string of the molecule is CC(O)CC1[C@H](O)[C@H](C(=O)O)[C@H]2CC[C@@H]1N2C. The number of carboxylic acids is 1. The predicted octanol–water partition coefficient (Wildman–Crippen LogP) is -0.0884. The molecule has 2 rings (SSSR count). The first-order valence-corrected chi connectivity index (χ1v) is 6.24. The third-order valence-electron chi connectivity index (χ3n) is 4.42. The van der Waals surface area contributed by atoms with Gasteiger partial charge in [0.05, 0.1) is 18.1 Å². The van der Waals surface area contributed by atoms with E-state index in [0.29, 0.717) is 6.42 Å². The van der Waals surface area contributed by atoms with E-state index < -0.39 is 24.1 Å². The summed E-state index contributed by atoms with van der Waals surface area (Å²) >= 11 is 0. The standard InChI is InChI=1S/C12H21NO4/c1-6(14)5-7-8-3-4-9(13(8)2)10(11(7)15)12(16)17/h6-11,14-15H,3-5H2,1-2H3,(H,16,17)/t6?,7?,8-,9+,10+,11-/m0/s1. The molecular weight excluding hydrogens is 222 g/mol. The first kappa shape index (κ1) is 12.8. The van der Waals surface area contributed by atoms with E-state index in [9.17, 15) is 20.1 Å². The van der Waals surface area contributed by atoms with Crippen molar-refractivity contribution in [2.45, 2.75) is 50.5 Å². The van der Waals surface area contributed by atoms with Crippen LogP contribution in [0.25, 0.3) is 0 Å². The summed E-state index contributed by atoms with van der Waals surface area (Å²) in [5.41, 5.74) is 0. The van der Waals surface area contributed by atoms with Gasteiger partial charge in [-0.15, -0.1) is 0 Å². The Morgan fingerprint density at radius 3 is 2.53 bits per heavy atom. The van der Waals surface area contributed by atoms with Gasteiger partial charge in [0, 0.05) is 18.0 Å². The van der Waals surface area contributed by atoms with E-state index in [-0.39, 0.29) is 18.0 Å². The van der Waals surface area contributed by atoms with Crippen LogP contribution < -0.4 is 0 Å². The summed E-state index contributed by atoms with van der Waals surface area (Å²) in [4.78, 5) is 13.4. The number of piperidine rings is 1. The van der Waals surface area contributed by atoms with Crippen molar-refractivity contribution in [1.82, 2.24) is 4.90 Å². The fraction of sp³-hybridized carbons (Fsp3) is 0.917. The molecule has 3 N–H and O–H groups in total. The number of fused-ring (bicyclic) bond motifs is 2. The van der Waals surface area contributed by atoms with Crippen molar-refractivity contribution in [2.75, 3.05) is 7.05 Å². The molecule has 2 fully saturated rings. The molecule has 2 bridgehead atoms. The van der Waals surface area contributed by atoms with Crippen LogP contribution >= 0.6 is 0 Å². The van der Waals surface area contributed by atoms with E-state index in [1.54, 1.807) is 6.92 Å². The molecule has 5 nitrogen and oxygen atoms in total. The number of nitrogens with zero attached hydrogens (tertiary/aromatic N) is 1. The first-order chi connectivity index (χ1) is 7.93. The van der Waals surface area contributed by atoms with E-state index in [0.717, 1.165) is 12.8 Å². The molecule has 0 aliphatic carbocycles. The third kappa shape index (κ3) is 2.07. The maximum atomic E-state index is 11.3. The average Bonchev–Trinajstić information content (AvgIpc) is 2.49. The summed E-state index contributed by atoms with van der Waals surface area (Å²) in [5, 5.41) is 29.0. The lowest BCUT2D eigenvalue weighted by Gasteiger charge is -2.44. The Bertz CT molecular complexity index is 307. The second-order valence-electron chi connectivity index (χ2n) is 5.48. The molecule has 2 aliphatic heterocycles. The van der Waals surface area contributed by atoms with Crippen molar-refractivity contribution < 1.29 is 20.1 Å². The molecule has 17 heavy (non-hydrogen) atoms. The van der Waals surface area contributed by atoms with Crippen molar-refractivity contribution >= 4 is 5.97 Å². The van der Waals surface area contributed by atoms with Crippen molar-refractivity contribution in [3.8, 4) is 0 Å². The minimum atomic E-state index is -0.926. The van der Waals surface area contributed by atoms with Gasteiger partial charge in [-0.25, -0.2) is 0 Å². The van der Waals surface area contributed by atoms with Gasteiger partial charge in [-0.1, -0.05) is 0 Å². The molecule has 2 saturated heterocycles. The minimum absolute atomic E-state index is 0.0576. The van der Waals surface area contributed by atoms with Crippen LogP contribution in [0.1, 0.15) is 26.2 Å². The van der Waals surface area contributed by atoms with Crippen LogP contribution in [-0.2, 0) is 4.79 Å². The second kappa shape index (κ2) is 4.55. The third-order valence-corrected chi connectivity index (χ3v) is 4.42. The Labute approximate surface area is 101 Å². The zero-order valence-corrected chi connectivity index (χ0v) is 10.3. The highest BCUT2D eigenvalue weighted by Crippen LogP contribution is 2.43. The topological polar surface area (TPSA) is 81.0 Å². The van der Waals surface area contributed by atoms with Crippen molar-refractivity contribution in [3.05, 3.63) is 0 Å². The molecule has 0 aromatic carbocycles. The molecule has 0 radical (unpaired) electrons. The van der Waals surface area contributed by atoms with Crippen LogP contribution in [-0.4, -0.2) is 57.5 Å². The number of hydrogen-bond donors (Lipinski definition) is 3. The number of aliphatic hydroxyl groups is 2. The van der Waals surface area contributed by atoms with Gasteiger partial charge < -0.3 is 15.3 Å². The Morgan fingerprint density at radius 2 is 2.00 bits per heavy atom. The van der Waals surface area contributed by atoms with E-state index in [1.165, 1.54) is 0 Å². The maximum Gasteiger partial charge on any atom is 0.310 e. The van der Waals surface area contributed by atoms with Gasteiger partial charge in [-0.05, 0) is 33.2 Å². The van der Waals surface area contributed by atoms with Gasteiger partial charge >= 0.3 is 5.97 Å². The van der Waals surface area contributed by atoms with Crippen LogP contribution in [0.2, 0.25) is 0 Å². The summed E-state index contributed by atoms with van der Waals surface area (Å²) in [6.45, 7) is 1.68. The molecular formula is C12H21NO4. The lowest BCUT2D eigenvalue weighted by molar-refractivity contribution is -0.157. The van der Waals surface area contributed by atoms with Crippen molar-refractivity contribution in [3.63, 3.8) is 0 Å². The predicted molar refractivity (Wildman–Crippen MR) is 61.5 cm³/mol. The van der Waals surface area contributed by atoms with Crippen LogP contribution in [0, 0.1) is 11.8 Å². The van der Waals surface area contributed by atoms with E-state index >= 15 is 0 Å². The molecule has 0 saturated carbocycles. The molecule has 2 unspecified atom stereocenters. The minimum Gasteiger partial charge on any atom is -0.481 e. The molecule has 0 amide bonds. The lowest BCUT2D eigenvalue weighted by Crippen LogP contribution is -2.57. The Balaban J connectivity index is 2.24. The second-order valence-corrected chi connectivity index (χ2v) is 5.48. The highest BCUT2D eigenvalue weighted by atomic mass is 16.4. The fourth-order valence-corrected chi connectivity index (χ4v) is 3.67. The van der Waals surface area contributed by atoms with Crippen molar-refractivity contribution in [2.24, 2.45) is 11.8 Å². The van der Waals surface area contributed by atoms with Crippen LogP contribution in [0.4, 0.5) is 0 Å².